The Morgan fingerprint density at radius 1 is 1.64 bits per heavy atom. The average Bonchev–Trinajstić information content (AvgIpc) is 1.85. The molecule has 0 aromatic rings. The molecule has 0 N–H and O–H groups in total. The summed E-state index contributed by atoms with van der Waals surface area (Å²) in [7, 11) is 1.66. The third-order valence-corrected chi connectivity index (χ3v) is 1.39. The summed E-state index contributed by atoms with van der Waals surface area (Å²) in [4.78, 5) is 10.3. The van der Waals surface area contributed by atoms with Gasteiger partial charge in [0.2, 0.25) is 5.24 Å². The molecule has 64 valence electrons. The lowest BCUT2D eigenvalue weighted by Crippen LogP contribution is -2.19. The second-order valence-electron chi connectivity index (χ2n) is 2.14. The zero-order chi connectivity index (χ0) is 8.85. The van der Waals surface area contributed by atoms with Gasteiger partial charge in [0.05, 0.1) is 5.88 Å². The minimum atomic E-state index is -0.432. The van der Waals surface area contributed by atoms with Crippen LogP contribution in [-0.4, -0.2) is 35.4 Å². The number of halogens is 2. The highest BCUT2D eigenvalue weighted by molar-refractivity contribution is 6.64. The van der Waals surface area contributed by atoms with E-state index in [2.05, 4.69) is 5.10 Å². The maximum atomic E-state index is 10.3. The molecule has 0 saturated carbocycles. The largest absolute Gasteiger partial charge is 0.291 e. The lowest BCUT2D eigenvalue weighted by molar-refractivity contribution is -0.112. The average molecular weight is 197 g/mol. The van der Waals surface area contributed by atoms with Gasteiger partial charge < -0.3 is 0 Å². The first-order valence-corrected chi connectivity index (χ1v) is 3.97. The predicted octanol–water partition coefficient (Wildman–Crippen LogP) is 1.30. The number of carbonyl (C=O) groups is 1. The van der Waals surface area contributed by atoms with Crippen LogP contribution in [0, 0.1) is 0 Å². The molecule has 0 bridgehead atoms. The molecule has 0 rings (SSSR count). The third kappa shape index (κ3) is 6.13. The van der Waals surface area contributed by atoms with Crippen molar-refractivity contribution in [2.24, 2.45) is 5.10 Å². The van der Waals surface area contributed by atoms with Crippen LogP contribution in [0.5, 0.6) is 0 Å². The number of rotatable bonds is 4. The summed E-state index contributed by atoms with van der Waals surface area (Å²) in [5.41, 5.74) is 0.757. The van der Waals surface area contributed by atoms with Crippen molar-refractivity contribution in [2.45, 2.75) is 6.92 Å². The minimum Gasteiger partial charge on any atom is -0.291 e. The number of alkyl halides is 1. The molecule has 0 fully saturated rings. The van der Waals surface area contributed by atoms with Gasteiger partial charge in [0.15, 0.2) is 0 Å². The molecule has 0 aromatic heterocycles. The smallest absolute Gasteiger partial charge is 0.242 e. The van der Waals surface area contributed by atoms with E-state index in [0.717, 1.165) is 5.71 Å². The van der Waals surface area contributed by atoms with Crippen molar-refractivity contribution in [3.05, 3.63) is 0 Å². The van der Waals surface area contributed by atoms with E-state index in [9.17, 15) is 4.79 Å². The number of carbonyl (C=O) groups excluding carboxylic acids is 1. The molecule has 0 spiro atoms. The van der Waals surface area contributed by atoms with Crippen molar-refractivity contribution in [1.82, 2.24) is 5.01 Å². The van der Waals surface area contributed by atoms with Crippen LogP contribution in [0.3, 0.4) is 0 Å². The molecule has 0 aromatic carbocycles. The lowest BCUT2D eigenvalue weighted by atomic mass is 10.5. The number of hydrogen-bond acceptors (Lipinski definition) is 3. The van der Waals surface area contributed by atoms with Crippen LogP contribution in [0.2, 0.25) is 0 Å². The first kappa shape index (κ1) is 10.7. The van der Waals surface area contributed by atoms with Crippen molar-refractivity contribution in [3.63, 3.8) is 0 Å². The van der Waals surface area contributed by atoms with Gasteiger partial charge in [-0.15, -0.1) is 11.6 Å². The molecule has 0 saturated heterocycles. The zero-order valence-corrected chi connectivity index (χ0v) is 7.98. The van der Waals surface area contributed by atoms with Crippen LogP contribution in [0.15, 0.2) is 5.10 Å². The van der Waals surface area contributed by atoms with Crippen molar-refractivity contribution in [2.75, 3.05) is 19.5 Å². The number of hydrazone groups is 1. The van der Waals surface area contributed by atoms with Gasteiger partial charge in [-0.2, -0.15) is 5.10 Å². The number of likely N-dealkylation sites (N-methyl/N-ethyl adjacent to an activating group) is 1. The Morgan fingerprint density at radius 3 is 2.55 bits per heavy atom. The fraction of sp³-hybridized carbons (Fsp3) is 0.667. The Hall–Kier alpha value is -0.280. The quantitative estimate of drug-likeness (QED) is 0.294. The van der Waals surface area contributed by atoms with Gasteiger partial charge in [-0.05, 0) is 18.5 Å². The van der Waals surface area contributed by atoms with E-state index in [-0.39, 0.29) is 6.54 Å². The Labute approximate surface area is 76.0 Å². The van der Waals surface area contributed by atoms with E-state index < -0.39 is 5.24 Å². The highest BCUT2D eigenvalue weighted by Gasteiger charge is 1.99. The minimum absolute atomic E-state index is 0.107. The standard InChI is InChI=1S/C6H10Cl2N2O/c1-5(3-7)9-10(2)4-6(8)11/h3-4H2,1-2H3. The van der Waals surface area contributed by atoms with Crippen molar-refractivity contribution >= 4 is 34.2 Å². The normalized spacial score (nSPS) is 11.5. The van der Waals surface area contributed by atoms with Gasteiger partial charge in [-0.1, -0.05) is 0 Å². The molecule has 0 atom stereocenters. The van der Waals surface area contributed by atoms with E-state index >= 15 is 0 Å². The molecule has 0 aliphatic carbocycles. The van der Waals surface area contributed by atoms with Crippen LogP contribution in [0.4, 0.5) is 0 Å². The van der Waals surface area contributed by atoms with E-state index in [4.69, 9.17) is 23.2 Å². The molecular formula is C6H10Cl2N2O. The van der Waals surface area contributed by atoms with Crippen LogP contribution in [-0.2, 0) is 4.79 Å². The van der Waals surface area contributed by atoms with Gasteiger partial charge in [0, 0.05) is 12.8 Å². The molecule has 0 heterocycles. The maximum Gasteiger partial charge on any atom is 0.242 e. The van der Waals surface area contributed by atoms with Gasteiger partial charge in [0.25, 0.3) is 0 Å². The molecule has 5 heteroatoms. The third-order valence-electron chi connectivity index (χ3n) is 0.888. The first-order chi connectivity index (χ1) is 5.06. The SMILES string of the molecule is CC(CCl)=NN(C)CC(=O)Cl. The summed E-state index contributed by atoms with van der Waals surface area (Å²) in [5.74, 6) is 0.362. The fourth-order valence-electron chi connectivity index (χ4n) is 0.533. The molecule has 0 aliphatic rings. The van der Waals surface area contributed by atoms with Crippen LogP contribution < -0.4 is 0 Å². The molecule has 11 heavy (non-hydrogen) atoms. The predicted molar refractivity (Wildman–Crippen MR) is 47.3 cm³/mol. The van der Waals surface area contributed by atoms with Gasteiger partial charge in [-0.25, -0.2) is 0 Å². The van der Waals surface area contributed by atoms with Crippen LogP contribution in [0.25, 0.3) is 0 Å². The fourth-order valence-corrected chi connectivity index (χ4v) is 0.760. The van der Waals surface area contributed by atoms with Gasteiger partial charge in [-0.3, -0.25) is 9.80 Å². The van der Waals surface area contributed by atoms with Gasteiger partial charge >= 0.3 is 0 Å². The summed E-state index contributed by atoms with van der Waals surface area (Å²) in [6.07, 6.45) is 0. The highest BCUT2D eigenvalue weighted by atomic mass is 35.5. The summed E-state index contributed by atoms with van der Waals surface area (Å²) < 4.78 is 0. The second kappa shape index (κ2) is 5.38. The monoisotopic (exact) mass is 196 g/mol. The van der Waals surface area contributed by atoms with E-state index in [1.54, 1.807) is 14.0 Å². The van der Waals surface area contributed by atoms with Crippen molar-refractivity contribution in [1.29, 1.82) is 0 Å². The molecular weight excluding hydrogens is 187 g/mol. The summed E-state index contributed by atoms with van der Waals surface area (Å²) >= 11 is 10.6. The van der Waals surface area contributed by atoms with Crippen LogP contribution >= 0.6 is 23.2 Å². The molecule has 0 amide bonds. The Balaban J connectivity index is 3.85. The Morgan fingerprint density at radius 2 is 2.18 bits per heavy atom. The van der Waals surface area contributed by atoms with E-state index in [1.165, 1.54) is 5.01 Å². The lowest BCUT2D eigenvalue weighted by Gasteiger charge is -2.09. The highest BCUT2D eigenvalue weighted by Crippen LogP contribution is 1.90. The Kier molecular flexibility index (Phi) is 5.24. The van der Waals surface area contributed by atoms with E-state index in [1.807, 2.05) is 0 Å². The summed E-state index contributed by atoms with van der Waals surface area (Å²) in [5, 5.41) is 4.97. The van der Waals surface area contributed by atoms with Crippen LogP contribution in [0.1, 0.15) is 6.92 Å². The van der Waals surface area contributed by atoms with Crippen molar-refractivity contribution < 1.29 is 4.79 Å². The Bertz CT molecular complexity index is 170. The summed E-state index contributed by atoms with van der Waals surface area (Å²) in [6.45, 7) is 1.89. The van der Waals surface area contributed by atoms with Gasteiger partial charge in [0.1, 0.15) is 6.54 Å². The molecule has 0 aliphatic heterocycles. The molecule has 0 unspecified atom stereocenters. The second-order valence-corrected chi connectivity index (χ2v) is 2.83. The molecule has 0 radical (unpaired) electrons. The molecule has 3 nitrogen and oxygen atoms in total. The number of hydrogen-bond donors (Lipinski definition) is 0. The zero-order valence-electron chi connectivity index (χ0n) is 6.47. The summed E-state index contributed by atoms with van der Waals surface area (Å²) in [6, 6.07) is 0. The van der Waals surface area contributed by atoms with E-state index in [0.29, 0.717) is 5.88 Å². The number of nitrogens with zero attached hydrogens (tertiary/aromatic N) is 2. The topological polar surface area (TPSA) is 32.7 Å². The first-order valence-electron chi connectivity index (χ1n) is 3.05. The maximum absolute atomic E-state index is 10.3. The van der Waals surface area contributed by atoms with Crippen molar-refractivity contribution in [3.8, 4) is 0 Å².